The molecule has 1 aromatic heterocycles. The number of carbonyl (C=O) groups excluding carboxylic acids is 1. The molecule has 23 heavy (non-hydrogen) atoms. The van der Waals surface area contributed by atoms with Gasteiger partial charge in [-0.25, -0.2) is 13.8 Å². The fraction of sp³-hybridized carbons (Fsp3) is 0.412. The molecule has 1 fully saturated rings. The van der Waals surface area contributed by atoms with Crippen molar-refractivity contribution in [1.29, 1.82) is 0 Å². The minimum atomic E-state index is -0.705. The number of oxazole rings is 1. The number of nitrogens with zero attached hydrogens (tertiary/aromatic N) is 1. The summed E-state index contributed by atoms with van der Waals surface area (Å²) < 4.78 is 32.1. The van der Waals surface area contributed by atoms with Crippen LogP contribution in [0.3, 0.4) is 0 Å². The van der Waals surface area contributed by atoms with E-state index in [1.807, 2.05) is 6.92 Å². The van der Waals surface area contributed by atoms with Crippen LogP contribution in [0.1, 0.15) is 32.1 Å². The first-order valence-corrected chi connectivity index (χ1v) is 7.72. The van der Waals surface area contributed by atoms with Gasteiger partial charge in [-0.05, 0) is 37.8 Å². The molecule has 1 amide bonds. The molecular formula is C17H18F2N2O2. The van der Waals surface area contributed by atoms with Crippen molar-refractivity contribution in [3.63, 3.8) is 0 Å². The van der Waals surface area contributed by atoms with Crippen molar-refractivity contribution in [3.8, 4) is 11.3 Å². The summed E-state index contributed by atoms with van der Waals surface area (Å²) >= 11 is 0. The van der Waals surface area contributed by atoms with Gasteiger partial charge in [0.2, 0.25) is 5.91 Å². The van der Waals surface area contributed by atoms with Crippen LogP contribution in [0, 0.1) is 17.6 Å². The first-order chi connectivity index (χ1) is 11.0. The Bertz CT molecular complexity index is 710. The van der Waals surface area contributed by atoms with E-state index in [1.54, 1.807) is 0 Å². The molecule has 6 heteroatoms. The summed E-state index contributed by atoms with van der Waals surface area (Å²) in [5, 5.41) is 2.96. The molecular weight excluding hydrogens is 302 g/mol. The Labute approximate surface area is 132 Å². The maximum absolute atomic E-state index is 13.7. The zero-order valence-electron chi connectivity index (χ0n) is 12.8. The fourth-order valence-electron chi connectivity index (χ4n) is 2.50. The van der Waals surface area contributed by atoms with Crippen LogP contribution in [-0.4, -0.2) is 16.9 Å². The van der Waals surface area contributed by atoms with Crippen LogP contribution >= 0.6 is 0 Å². The first-order valence-electron chi connectivity index (χ1n) is 7.72. The lowest BCUT2D eigenvalue weighted by molar-refractivity contribution is -0.121. The summed E-state index contributed by atoms with van der Waals surface area (Å²) in [6.45, 7) is 2.01. The predicted octanol–water partition coefficient (Wildman–Crippen LogP) is 3.47. The number of hydrogen-bond donors (Lipinski definition) is 1. The Morgan fingerprint density at radius 2 is 2.22 bits per heavy atom. The van der Waals surface area contributed by atoms with Crippen LogP contribution in [0.2, 0.25) is 0 Å². The van der Waals surface area contributed by atoms with Crippen molar-refractivity contribution in [2.24, 2.45) is 5.92 Å². The van der Waals surface area contributed by atoms with E-state index in [9.17, 15) is 13.6 Å². The second-order valence-electron chi connectivity index (χ2n) is 5.94. The predicted molar refractivity (Wildman–Crippen MR) is 80.5 cm³/mol. The fourth-order valence-corrected chi connectivity index (χ4v) is 2.50. The summed E-state index contributed by atoms with van der Waals surface area (Å²) in [6.07, 6.45) is 4.34. The zero-order valence-corrected chi connectivity index (χ0v) is 12.8. The molecule has 0 aliphatic heterocycles. The summed E-state index contributed by atoms with van der Waals surface area (Å²) in [5.74, 6) is -0.204. The Morgan fingerprint density at radius 1 is 1.43 bits per heavy atom. The van der Waals surface area contributed by atoms with E-state index in [-0.39, 0.29) is 29.7 Å². The molecule has 1 atom stereocenters. The van der Waals surface area contributed by atoms with Gasteiger partial charge in [0.25, 0.3) is 0 Å². The first kappa shape index (κ1) is 15.6. The number of halogens is 2. The number of benzene rings is 1. The van der Waals surface area contributed by atoms with Crippen LogP contribution in [0.5, 0.6) is 0 Å². The maximum Gasteiger partial charge on any atom is 0.220 e. The standard InChI is InChI=1S/C17H18F2N2O2/c1-10(11-2-3-11)21-16(22)6-7-17-20-9-15(23-17)13-5-4-12(18)8-14(13)19/h4-5,8-11H,2-3,6-7H2,1H3,(H,21,22). The molecule has 0 radical (unpaired) electrons. The van der Waals surface area contributed by atoms with Gasteiger partial charge in [-0.3, -0.25) is 4.79 Å². The highest BCUT2D eigenvalue weighted by atomic mass is 19.1. The molecule has 2 aromatic rings. The quantitative estimate of drug-likeness (QED) is 0.887. The van der Waals surface area contributed by atoms with Gasteiger partial charge in [0.15, 0.2) is 11.7 Å². The van der Waals surface area contributed by atoms with Crippen molar-refractivity contribution in [2.45, 2.75) is 38.6 Å². The van der Waals surface area contributed by atoms with E-state index in [1.165, 1.54) is 25.1 Å². The van der Waals surface area contributed by atoms with Gasteiger partial charge in [0, 0.05) is 24.9 Å². The number of hydrogen-bond acceptors (Lipinski definition) is 3. The zero-order chi connectivity index (χ0) is 16.4. The normalized spacial score (nSPS) is 15.4. The molecule has 1 aliphatic carbocycles. The third kappa shape index (κ3) is 3.94. The van der Waals surface area contributed by atoms with Gasteiger partial charge in [-0.15, -0.1) is 0 Å². The minimum absolute atomic E-state index is 0.0443. The number of carbonyl (C=O) groups is 1. The second-order valence-corrected chi connectivity index (χ2v) is 5.94. The van der Waals surface area contributed by atoms with Gasteiger partial charge >= 0.3 is 0 Å². The average Bonchev–Trinajstić information content (AvgIpc) is 3.25. The molecule has 0 spiro atoms. The van der Waals surface area contributed by atoms with Crippen molar-refractivity contribution >= 4 is 5.91 Å². The van der Waals surface area contributed by atoms with Gasteiger partial charge in [0.05, 0.1) is 11.8 Å². The Hall–Kier alpha value is -2.24. The van der Waals surface area contributed by atoms with Gasteiger partial charge < -0.3 is 9.73 Å². The summed E-state index contributed by atoms with van der Waals surface area (Å²) in [6, 6.07) is 3.47. The molecule has 4 nitrogen and oxygen atoms in total. The SMILES string of the molecule is CC(NC(=O)CCc1ncc(-c2ccc(F)cc2F)o1)C1CC1. The number of nitrogens with one attached hydrogen (secondary N) is 1. The summed E-state index contributed by atoms with van der Waals surface area (Å²) in [7, 11) is 0. The molecule has 1 unspecified atom stereocenters. The lowest BCUT2D eigenvalue weighted by Gasteiger charge is -2.11. The number of amides is 1. The van der Waals surface area contributed by atoms with Crippen LogP contribution in [-0.2, 0) is 11.2 Å². The molecule has 0 bridgehead atoms. The van der Waals surface area contributed by atoms with Crippen LogP contribution in [0.15, 0.2) is 28.8 Å². The van der Waals surface area contributed by atoms with E-state index in [4.69, 9.17) is 4.42 Å². The van der Waals surface area contributed by atoms with Crippen molar-refractivity contribution in [1.82, 2.24) is 10.3 Å². The average molecular weight is 320 g/mol. The lowest BCUT2D eigenvalue weighted by Crippen LogP contribution is -2.34. The van der Waals surface area contributed by atoms with E-state index >= 15 is 0 Å². The van der Waals surface area contributed by atoms with Crippen molar-refractivity contribution < 1.29 is 18.0 Å². The highest BCUT2D eigenvalue weighted by molar-refractivity contribution is 5.76. The van der Waals surface area contributed by atoms with Gasteiger partial charge in [-0.2, -0.15) is 0 Å². The number of rotatable bonds is 6. The second kappa shape index (κ2) is 6.48. The summed E-state index contributed by atoms with van der Waals surface area (Å²) in [4.78, 5) is 15.9. The Kier molecular flexibility index (Phi) is 4.41. The van der Waals surface area contributed by atoms with Gasteiger partial charge in [-0.1, -0.05) is 0 Å². The topological polar surface area (TPSA) is 55.1 Å². The molecule has 1 aliphatic rings. The third-order valence-corrected chi connectivity index (χ3v) is 4.03. The Morgan fingerprint density at radius 3 is 2.91 bits per heavy atom. The van der Waals surface area contributed by atoms with Crippen LogP contribution in [0.4, 0.5) is 8.78 Å². The largest absolute Gasteiger partial charge is 0.441 e. The molecule has 1 aromatic carbocycles. The van der Waals surface area contributed by atoms with Crippen LogP contribution in [0.25, 0.3) is 11.3 Å². The molecule has 1 N–H and O–H groups in total. The minimum Gasteiger partial charge on any atom is -0.441 e. The highest BCUT2D eigenvalue weighted by Gasteiger charge is 2.28. The van der Waals surface area contributed by atoms with E-state index in [0.29, 0.717) is 18.2 Å². The van der Waals surface area contributed by atoms with E-state index < -0.39 is 11.6 Å². The molecule has 3 rings (SSSR count). The molecule has 1 heterocycles. The monoisotopic (exact) mass is 320 g/mol. The Balaban J connectivity index is 1.57. The number of aryl methyl sites for hydroxylation is 1. The van der Waals surface area contributed by atoms with E-state index in [2.05, 4.69) is 10.3 Å². The molecule has 0 saturated heterocycles. The number of aromatic nitrogens is 1. The van der Waals surface area contributed by atoms with Gasteiger partial charge in [0.1, 0.15) is 11.6 Å². The van der Waals surface area contributed by atoms with Crippen molar-refractivity contribution in [3.05, 3.63) is 41.9 Å². The van der Waals surface area contributed by atoms with E-state index in [0.717, 1.165) is 12.1 Å². The third-order valence-electron chi connectivity index (χ3n) is 4.03. The lowest BCUT2D eigenvalue weighted by atomic mass is 10.2. The summed E-state index contributed by atoms with van der Waals surface area (Å²) in [5.41, 5.74) is 0.150. The van der Waals surface area contributed by atoms with Crippen LogP contribution < -0.4 is 5.32 Å². The van der Waals surface area contributed by atoms with Crippen molar-refractivity contribution in [2.75, 3.05) is 0 Å². The maximum atomic E-state index is 13.7. The smallest absolute Gasteiger partial charge is 0.220 e. The highest BCUT2D eigenvalue weighted by Crippen LogP contribution is 2.32. The molecule has 1 saturated carbocycles. The molecule has 122 valence electrons.